The standard InChI is InChI=1S/C20H21N9/c1-2-14(10-22-6-1)26-18-15(17-12-24-19-16(28-17)5-9-23-19)11-25-20(29-18)27-13-3-7-21-8-4-13/h3-5,7-9,11-12,14,22H,1-2,6,10H2,(H,23,24)(H2,21,25,26,27,29)/t14-/m0/s1. The second kappa shape index (κ2) is 7.80. The summed E-state index contributed by atoms with van der Waals surface area (Å²) in [5.41, 5.74) is 4.01. The van der Waals surface area contributed by atoms with Gasteiger partial charge in [0, 0.05) is 43.1 Å². The number of fused-ring (bicyclic) bond motifs is 1. The lowest BCUT2D eigenvalue weighted by molar-refractivity contribution is 0.479. The largest absolute Gasteiger partial charge is 0.365 e. The molecule has 5 heterocycles. The first-order valence-corrected chi connectivity index (χ1v) is 9.67. The molecule has 4 aromatic heterocycles. The molecule has 4 N–H and O–H groups in total. The Morgan fingerprint density at radius 3 is 2.83 bits per heavy atom. The van der Waals surface area contributed by atoms with Crippen LogP contribution in [-0.2, 0) is 0 Å². The molecule has 1 saturated heterocycles. The highest BCUT2D eigenvalue weighted by molar-refractivity contribution is 5.78. The van der Waals surface area contributed by atoms with E-state index in [0.717, 1.165) is 59.9 Å². The van der Waals surface area contributed by atoms with Crippen molar-refractivity contribution in [1.29, 1.82) is 0 Å². The first-order chi connectivity index (χ1) is 14.3. The second-order valence-electron chi connectivity index (χ2n) is 6.97. The highest BCUT2D eigenvalue weighted by atomic mass is 15.2. The molecule has 9 heteroatoms. The summed E-state index contributed by atoms with van der Waals surface area (Å²) in [7, 11) is 0. The van der Waals surface area contributed by atoms with Crippen LogP contribution < -0.4 is 16.0 Å². The fraction of sp³-hybridized carbons (Fsp3) is 0.250. The van der Waals surface area contributed by atoms with E-state index in [4.69, 9.17) is 9.97 Å². The minimum absolute atomic E-state index is 0.301. The predicted molar refractivity (Wildman–Crippen MR) is 112 cm³/mol. The molecule has 0 aromatic carbocycles. The summed E-state index contributed by atoms with van der Waals surface area (Å²) in [4.78, 5) is 25.5. The van der Waals surface area contributed by atoms with Crippen LogP contribution in [-0.4, -0.2) is 49.0 Å². The molecule has 0 unspecified atom stereocenters. The molecule has 1 aliphatic heterocycles. The third kappa shape index (κ3) is 3.85. The molecule has 1 atom stereocenters. The van der Waals surface area contributed by atoms with Crippen molar-refractivity contribution in [3.05, 3.63) is 49.2 Å². The monoisotopic (exact) mass is 387 g/mol. The number of rotatable bonds is 5. The zero-order valence-electron chi connectivity index (χ0n) is 15.8. The Balaban J connectivity index is 1.51. The van der Waals surface area contributed by atoms with Gasteiger partial charge in [-0.15, -0.1) is 0 Å². The van der Waals surface area contributed by atoms with Crippen molar-refractivity contribution >= 4 is 28.6 Å². The van der Waals surface area contributed by atoms with E-state index in [2.05, 4.69) is 35.9 Å². The number of aromatic amines is 1. The molecule has 29 heavy (non-hydrogen) atoms. The van der Waals surface area contributed by atoms with Crippen molar-refractivity contribution in [2.24, 2.45) is 0 Å². The zero-order valence-corrected chi connectivity index (χ0v) is 15.8. The summed E-state index contributed by atoms with van der Waals surface area (Å²) >= 11 is 0. The molecule has 5 rings (SSSR count). The SMILES string of the molecule is c1cc(Nc2ncc(-c3cnc4[nH]ccc4n3)c(N[C@H]3CCCNC3)n2)ccn1. The van der Waals surface area contributed by atoms with Gasteiger partial charge >= 0.3 is 0 Å². The van der Waals surface area contributed by atoms with Crippen LogP contribution in [0.25, 0.3) is 22.4 Å². The van der Waals surface area contributed by atoms with E-state index < -0.39 is 0 Å². The van der Waals surface area contributed by atoms with E-state index in [9.17, 15) is 0 Å². The number of aromatic nitrogens is 6. The molecule has 0 amide bonds. The van der Waals surface area contributed by atoms with Gasteiger partial charge < -0.3 is 20.9 Å². The number of pyridine rings is 1. The van der Waals surface area contributed by atoms with E-state index in [0.29, 0.717) is 12.0 Å². The molecular formula is C20H21N9. The average molecular weight is 387 g/mol. The lowest BCUT2D eigenvalue weighted by atomic mass is 10.1. The summed E-state index contributed by atoms with van der Waals surface area (Å²) in [6, 6.07) is 5.96. The zero-order chi connectivity index (χ0) is 19.5. The maximum absolute atomic E-state index is 4.75. The minimum atomic E-state index is 0.301. The number of piperidine rings is 1. The molecule has 1 aliphatic rings. The van der Waals surface area contributed by atoms with Crippen molar-refractivity contribution in [3.8, 4) is 11.3 Å². The fourth-order valence-corrected chi connectivity index (χ4v) is 3.43. The van der Waals surface area contributed by atoms with Crippen LogP contribution in [0.5, 0.6) is 0 Å². The first kappa shape index (κ1) is 17.5. The molecule has 4 aromatic rings. The van der Waals surface area contributed by atoms with E-state index >= 15 is 0 Å². The highest BCUT2D eigenvalue weighted by Crippen LogP contribution is 2.28. The fourth-order valence-electron chi connectivity index (χ4n) is 3.43. The molecule has 9 nitrogen and oxygen atoms in total. The van der Waals surface area contributed by atoms with Gasteiger partial charge in [-0.25, -0.2) is 15.0 Å². The van der Waals surface area contributed by atoms with Gasteiger partial charge in [0.15, 0.2) is 5.65 Å². The van der Waals surface area contributed by atoms with Gasteiger partial charge in [0.1, 0.15) is 11.3 Å². The molecule has 0 bridgehead atoms. The summed E-state index contributed by atoms with van der Waals surface area (Å²) in [5.74, 6) is 1.26. The normalized spacial score (nSPS) is 16.6. The number of anilines is 3. The van der Waals surface area contributed by atoms with Gasteiger partial charge in [-0.3, -0.25) is 4.98 Å². The second-order valence-corrected chi connectivity index (χ2v) is 6.97. The van der Waals surface area contributed by atoms with Gasteiger partial charge in [0.2, 0.25) is 5.95 Å². The lowest BCUT2D eigenvalue weighted by Crippen LogP contribution is -2.38. The summed E-state index contributed by atoms with van der Waals surface area (Å²) < 4.78 is 0. The van der Waals surface area contributed by atoms with Crippen molar-refractivity contribution in [1.82, 2.24) is 35.2 Å². The van der Waals surface area contributed by atoms with Crippen molar-refractivity contribution < 1.29 is 0 Å². The summed E-state index contributed by atoms with van der Waals surface area (Å²) in [6.07, 6.45) is 11.0. The molecule has 0 radical (unpaired) electrons. The Kier molecular flexibility index (Phi) is 4.71. The molecule has 1 fully saturated rings. The van der Waals surface area contributed by atoms with E-state index in [-0.39, 0.29) is 0 Å². The maximum Gasteiger partial charge on any atom is 0.229 e. The highest BCUT2D eigenvalue weighted by Gasteiger charge is 2.18. The predicted octanol–water partition coefficient (Wildman–Crippen LogP) is 2.72. The third-order valence-corrected chi connectivity index (χ3v) is 4.90. The Labute approximate surface area is 167 Å². The average Bonchev–Trinajstić information content (AvgIpc) is 3.23. The Morgan fingerprint density at radius 2 is 1.97 bits per heavy atom. The Morgan fingerprint density at radius 1 is 1.03 bits per heavy atom. The van der Waals surface area contributed by atoms with Crippen LogP contribution in [0, 0.1) is 0 Å². The Bertz CT molecular complexity index is 1100. The van der Waals surface area contributed by atoms with Crippen LogP contribution in [0.4, 0.5) is 17.5 Å². The van der Waals surface area contributed by atoms with E-state index in [1.54, 1.807) is 24.8 Å². The summed E-state index contributed by atoms with van der Waals surface area (Å²) in [6.45, 7) is 1.96. The third-order valence-electron chi connectivity index (χ3n) is 4.90. The quantitative estimate of drug-likeness (QED) is 0.413. The maximum atomic E-state index is 4.75. The number of H-pyrrole nitrogens is 1. The van der Waals surface area contributed by atoms with Gasteiger partial charge in [-0.05, 0) is 37.6 Å². The number of hydrogen-bond acceptors (Lipinski definition) is 8. The molecule has 0 spiro atoms. The van der Waals surface area contributed by atoms with Crippen molar-refractivity contribution in [2.45, 2.75) is 18.9 Å². The van der Waals surface area contributed by atoms with Crippen LogP contribution in [0.3, 0.4) is 0 Å². The van der Waals surface area contributed by atoms with Gasteiger partial charge in [0.25, 0.3) is 0 Å². The van der Waals surface area contributed by atoms with E-state index in [1.807, 2.05) is 24.4 Å². The number of nitrogens with one attached hydrogen (secondary N) is 4. The number of hydrogen-bond donors (Lipinski definition) is 4. The molecular weight excluding hydrogens is 366 g/mol. The minimum Gasteiger partial charge on any atom is -0.365 e. The molecule has 146 valence electrons. The lowest BCUT2D eigenvalue weighted by Gasteiger charge is -2.25. The van der Waals surface area contributed by atoms with Crippen LogP contribution >= 0.6 is 0 Å². The topological polar surface area (TPSA) is 116 Å². The van der Waals surface area contributed by atoms with Crippen molar-refractivity contribution in [2.75, 3.05) is 23.7 Å². The first-order valence-electron chi connectivity index (χ1n) is 9.67. The van der Waals surface area contributed by atoms with Gasteiger partial charge in [0.05, 0.1) is 17.5 Å². The van der Waals surface area contributed by atoms with Crippen LogP contribution in [0.15, 0.2) is 49.2 Å². The van der Waals surface area contributed by atoms with Crippen LogP contribution in [0.1, 0.15) is 12.8 Å². The molecule has 0 saturated carbocycles. The number of nitrogens with zero attached hydrogens (tertiary/aromatic N) is 5. The van der Waals surface area contributed by atoms with E-state index in [1.165, 1.54) is 0 Å². The van der Waals surface area contributed by atoms with Gasteiger partial charge in [-0.1, -0.05) is 0 Å². The smallest absolute Gasteiger partial charge is 0.229 e. The van der Waals surface area contributed by atoms with Gasteiger partial charge in [-0.2, -0.15) is 4.98 Å². The van der Waals surface area contributed by atoms with Crippen molar-refractivity contribution in [3.63, 3.8) is 0 Å². The summed E-state index contributed by atoms with van der Waals surface area (Å²) in [5, 5.41) is 10.2. The molecule has 0 aliphatic carbocycles. The van der Waals surface area contributed by atoms with Crippen LogP contribution in [0.2, 0.25) is 0 Å². The Hall–Kier alpha value is -3.59.